The molecule has 1 heterocycles. The number of hydrogen-bond donors (Lipinski definition) is 1. The van der Waals surface area contributed by atoms with Crippen molar-refractivity contribution in [1.82, 2.24) is 9.62 Å². The Morgan fingerprint density at radius 2 is 2.11 bits per heavy atom. The molecule has 0 amide bonds. The summed E-state index contributed by atoms with van der Waals surface area (Å²) in [5.41, 5.74) is 0.838. The van der Waals surface area contributed by atoms with Crippen molar-refractivity contribution in [2.45, 2.75) is 31.2 Å². The molecule has 0 aromatic heterocycles. The van der Waals surface area contributed by atoms with Gasteiger partial charge in [0, 0.05) is 19.6 Å². The Bertz CT molecular complexity index is 528. The van der Waals surface area contributed by atoms with E-state index in [1.54, 1.807) is 16.4 Å². The summed E-state index contributed by atoms with van der Waals surface area (Å²) >= 11 is 0. The summed E-state index contributed by atoms with van der Waals surface area (Å²) in [5.74, 6) is 0.506. The standard InChI is InChI=1S/C14H22N2O2S/c1-3-12-8-9-16(11-12)19(17,18)14-7-5-4-6-13(14)10-15-2/h4-7,12,15H,3,8-11H2,1-2H3. The van der Waals surface area contributed by atoms with E-state index in [0.29, 0.717) is 30.4 Å². The van der Waals surface area contributed by atoms with Crippen LogP contribution in [0.15, 0.2) is 29.2 Å². The van der Waals surface area contributed by atoms with Crippen LogP contribution in [0.5, 0.6) is 0 Å². The fourth-order valence-electron chi connectivity index (χ4n) is 2.58. The molecule has 0 radical (unpaired) electrons. The van der Waals surface area contributed by atoms with Crippen LogP contribution in [0.25, 0.3) is 0 Å². The van der Waals surface area contributed by atoms with Crippen molar-refractivity contribution in [3.05, 3.63) is 29.8 Å². The Morgan fingerprint density at radius 3 is 2.74 bits per heavy atom. The first kappa shape index (κ1) is 14.5. The lowest BCUT2D eigenvalue weighted by Crippen LogP contribution is -2.30. The van der Waals surface area contributed by atoms with Crippen LogP contribution in [0.1, 0.15) is 25.3 Å². The lowest BCUT2D eigenvalue weighted by atomic mass is 10.1. The second-order valence-corrected chi connectivity index (χ2v) is 6.97. The molecule has 1 unspecified atom stereocenters. The van der Waals surface area contributed by atoms with Gasteiger partial charge in [0.25, 0.3) is 0 Å². The van der Waals surface area contributed by atoms with Crippen LogP contribution in [-0.2, 0) is 16.6 Å². The third-order valence-electron chi connectivity index (χ3n) is 3.78. The Hall–Kier alpha value is -0.910. The molecular formula is C14H22N2O2S. The normalized spacial score (nSPS) is 20.8. The zero-order chi connectivity index (χ0) is 13.9. The topological polar surface area (TPSA) is 49.4 Å². The predicted octanol–water partition coefficient (Wildman–Crippen LogP) is 1.83. The van der Waals surface area contributed by atoms with Gasteiger partial charge in [0.2, 0.25) is 10.0 Å². The zero-order valence-corrected chi connectivity index (χ0v) is 12.4. The minimum atomic E-state index is -3.34. The van der Waals surface area contributed by atoms with Crippen molar-refractivity contribution in [2.75, 3.05) is 20.1 Å². The van der Waals surface area contributed by atoms with Crippen molar-refractivity contribution in [1.29, 1.82) is 0 Å². The van der Waals surface area contributed by atoms with E-state index in [4.69, 9.17) is 0 Å². The van der Waals surface area contributed by atoms with Gasteiger partial charge in [0.1, 0.15) is 0 Å². The van der Waals surface area contributed by atoms with Crippen LogP contribution in [0.4, 0.5) is 0 Å². The van der Waals surface area contributed by atoms with E-state index in [1.807, 2.05) is 19.2 Å². The van der Waals surface area contributed by atoms with Crippen molar-refractivity contribution in [3.63, 3.8) is 0 Å². The fourth-order valence-corrected chi connectivity index (χ4v) is 4.33. The van der Waals surface area contributed by atoms with Gasteiger partial charge >= 0.3 is 0 Å². The molecule has 1 aliphatic rings. The minimum absolute atomic E-state index is 0.445. The largest absolute Gasteiger partial charge is 0.316 e. The van der Waals surface area contributed by atoms with Gasteiger partial charge in [0.15, 0.2) is 0 Å². The lowest BCUT2D eigenvalue weighted by Gasteiger charge is -2.18. The van der Waals surface area contributed by atoms with Gasteiger partial charge in [-0.15, -0.1) is 0 Å². The predicted molar refractivity (Wildman–Crippen MR) is 76.4 cm³/mol. The quantitative estimate of drug-likeness (QED) is 0.896. The van der Waals surface area contributed by atoms with Gasteiger partial charge < -0.3 is 5.32 Å². The van der Waals surface area contributed by atoms with Gasteiger partial charge in [-0.25, -0.2) is 8.42 Å². The smallest absolute Gasteiger partial charge is 0.243 e. The van der Waals surface area contributed by atoms with Gasteiger partial charge in [0.05, 0.1) is 4.90 Å². The van der Waals surface area contributed by atoms with Crippen LogP contribution < -0.4 is 5.32 Å². The summed E-state index contributed by atoms with van der Waals surface area (Å²) in [6.07, 6.45) is 2.02. The number of hydrogen-bond acceptors (Lipinski definition) is 3. The maximum atomic E-state index is 12.7. The van der Waals surface area contributed by atoms with Crippen LogP contribution in [0, 0.1) is 5.92 Å². The molecule has 1 saturated heterocycles. The monoisotopic (exact) mass is 282 g/mol. The summed E-state index contributed by atoms with van der Waals surface area (Å²) in [5, 5.41) is 3.02. The van der Waals surface area contributed by atoms with Crippen molar-refractivity contribution in [2.24, 2.45) is 5.92 Å². The second-order valence-electron chi connectivity index (χ2n) is 5.06. The van der Waals surface area contributed by atoms with Crippen LogP contribution in [0.3, 0.4) is 0 Å². The molecule has 0 saturated carbocycles. The fraction of sp³-hybridized carbons (Fsp3) is 0.571. The highest BCUT2D eigenvalue weighted by Crippen LogP contribution is 2.27. The van der Waals surface area contributed by atoms with E-state index in [0.717, 1.165) is 18.4 Å². The summed E-state index contributed by atoms with van der Waals surface area (Å²) < 4.78 is 27.0. The average molecular weight is 282 g/mol. The number of rotatable bonds is 5. The van der Waals surface area contributed by atoms with Crippen LogP contribution in [-0.4, -0.2) is 32.9 Å². The van der Waals surface area contributed by atoms with E-state index in [1.165, 1.54) is 0 Å². The van der Waals surface area contributed by atoms with Crippen molar-refractivity contribution >= 4 is 10.0 Å². The Kier molecular flexibility index (Phi) is 4.60. The van der Waals surface area contributed by atoms with E-state index in [9.17, 15) is 8.42 Å². The summed E-state index contributed by atoms with van der Waals surface area (Å²) in [7, 11) is -1.52. The molecule has 1 N–H and O–H groups in total. The van der Waals surface area contributed by atoms with Crippen molar-refractivity contribution in [3.8, 4) is 0 Å². The molecule has 0 spiro atoms. The highest BCUT2D eigenvalue weighted by molar-refractivity contribution is 7.89. The maximum Gasteiger partial charge on any atom is 0.243 e. The first-order valence-corrected chi connectivity index (χ1v) is 8.26. The van der Waals surface area contributed by atoms with E-state index < -0.39 is 10.0 Å². The lowest BCUT2D eigenvalue weighted by molar-refractivity contribution is 0.452. The molecule has 4 nitrogen and oxygen atoms in total. The number of nitrogens with one attached hydrogen (secondary N) is 1. The molecule has 1 aromatic carbocycles. The third-order valence-corrected chi connectivity index (χ3v) is 5.75. The molecular weight excluding hydrogens is 260 g/mol. The van der Waals surface area contributed by atoms with Crippen LogP contribution in [0.2, 0.25) is 0 Å². The first-order valence-electron chi connectivity index (χ1n) is 6.82. The SMILES string of the molecule is CCC1CCN(S(=O)(=O)c2ccccc2CNC)C1. The number of nitrogens with zero attached hydrogens (tertiary/aromatic N) is 1. The Labute approximate surface area is 115 Å². The molecule has 1 fully saturated rings. The third kappa shape index (κ3) is 2.99. The Morgan fingerprint density at radius 1 is 1.37 bits per heavy atom. The molecule has 19 heavy (non-hydrogen) atoms. The molecule has 106 valence electrons. The van der Waals surface area contributed by atoms with Gasteiger partial charge in [-0.2, -0.15) is 4.31 Å². The van der Waals surface area contributed by atoms with E-state index in [-0.39, 0.29) is 0 Å². The second kappa shape index (κ2) is 6.03. The molecule has 1 atom stereocenters. The molecule has 2 rings (SSSR count). The Balaban J connectivity index is 2.30. The molecule has 1 aromatic rings. The van der Waals surface area contributed by atoms with Crippen LogP contribution >= 0.6 is 0 Å². The van der Waals surface area contributed by atoms with Gasteiger partial charge in [-0.05, 0) is 31.0 Å². The average Bonchev–Trinajstić information content (AvgIpc) is 2.89. The molecule has 5 heteroatoms. The summed E-state index contributed by atoms with van der Waals surface area (Å²) in [4.78, 5) is 0.445. The van der Waals surface area contributed by atoms with Gasteiger partial charge in [-0.3, -0.25) is 0 Å². The number of benzene rings is 1. The first-order chi connectivity index (χ1) is 9.09. The molecule has 1 aliphatic heterocycles. The number of sulfonamides is 1. The minimum Gasteiger partial charge on any atom is -0.316 e. The van der Waals surface area contributed by atoms with Crippen molar-refractivity contribution < 1.29 is 8.42 Å². The van der Waals surface area contributed by atoms with E-state index in [2.05, 4.69) is 12.2 Å². The van der Waals surface area contributed by atoms with E-state index >= 15 is 0 Å². The summed E-state index contributed by atoms with van der Waals surface area (Å²) in [6, 6.07) is 7.25. The summed E-state index contributed by atoms with van der Waals surface area (Å²) in [6.45, 7) is 4.00. The highest BCUT2D eigenvalue weighted by Gasteiger charge is 2.32. The van der Waals surface area contributed by atoms with Gasteiger partial charge in [-0.1, -0.05) is 31.5 Å². The maximum absolute atomic E-state index is 12.7. The molecule has 0 bridgehead atoms. The zero-order valence-electron chi connectivity index (χ0n) is 11.6. The highest BCUT2D eigenvalue weighted by atomic mass is 32.2. The molecule has 0 aliphatic carbocycles.